The number of nitro benzene ring substituents is 1. The molecule has 1 aliphatic rings. The van der Waals surface area contributed by atoms with Crippen LogP contribution in [0.3, 0.4) is 0 Å². The van der Waals surface area contributed by atoms with Crippen molar-refractivity contribution < 1.29 is 9.72 Å². The molecule has 0 aromatic heterocycles. The zero-order chi connectivity index (χ0) is 11.7. The minimum Gasteiger partial charge on any atom is -0.336 e. The fraction of sp³-hybridized carbons (Fsp3) is 0.222. The van der Waals surface area contributed by atoms with E-state index in [0.29, 0.717) is 23.8 Å². The molecule has 16 heavy (non-hydrogen) atoms. The van der Waals surface area contributed by atoms with Crippen LogP contribution >= 0.6 is 11.6 Å². The third kappa shape index (κ3) is 1.79. The van der Waals surface area contributed by atoms with E-state index in [0.717, 1.165) is 0 Å². The Morgan fingerprint density at radius 3 is 2.81 bits per heavy atom. The van der Waals surface area contributed by atoms with E-state index in [9.17, 15) is 14.9 Å². The molecule has 6 nitrogen and oxygen atoms in total. The summed E-state index contributed by atoms with van der Waals surface area (Å²) in [4.78, 5) is 22.9. The van der Waals surface area contributed by atoms with Crippen molar-refractivity contribution in [2.75, 3.05) is 18.0 Å². The van der Waals surface area contributed by atoms with E-state index >= 15 is 0 Å². The first-order valence-corrected chi connectivity index (χ1v) is 4.96. The highest BCUT2D eigenvalue weighted by Crippen LogP contribution is 2.30. The van der Waals surface area contributed by atoms with Gasteiger partial charge in [0.05, 0.1) is 15.6 Å². The number of carbonyl (C=O) groups excluding carboxylic acids is 1. The number of nitrogens with one attached hydrogen (secondary N) is 1. The van der Waals surface area contributed by atoms with Crippen molar-refractivity contribution in [1.29, 1.82) is 0 Å². The summed E-state index contributed by atoms with van der Waals surface area (Å²) >= 11 is 5.90. The molecular formula is C9H8ClN3O3. The summed E-state index contributed by atoms with van der Waals surface area (Å²) in [5.41, 5.74) is 0.282. The molecule has 0 aliphatic carbocycles. The largest absolute Gasteiger partial charge is 0.336 e. The fourth-order valence-corrected chi connectivity index (χ4v) is 1.74. The van der Waals surface area contributed by atoms with Gasteiger partial charge in [-0.1, -0.05) is 11.6 Å². The quantitative estimate of drug-likeness (QED) is 0.633. The molecule has 0 unspecified atom stereocenters. The van der Waals surface area contributed by atoms with E-state index in [-0.39, 0.29) is 11.7 Å². The zero-order valence-electron chi connectivity index (χ0n) is 8.14. The molecule has 1 heterocycles. The number of hydrogen-bond donors (Lipinski definition) is 1. The predicted octanol–water partition coefficient (Wildman–Crippen LogP) is 1.78. The molecule has 0 atom stereocenters. The number of urea groups is 1. The first-order valence-electron chi connectivity index (χ1n) is 4.59. The van der Waals surface area contributed by atoms with Gasteiger partial charge in [0.15, 0.2) is 0 Å². The van der Waals surface area contributed by atoms with Crippen molar-refractivity contribution >= 4 is 29.0 Å². The van der Waals surface area contributed by atoms with Gasteiger partial charge in [-0.05, 0) is 6.07 Å². The molecule has 1 N–H and O–H groups in total. The Bertz CT molecular complexity index is 463. The molecule has 0 spiro atoms. The number of non-ortho nitro benzene ring substituents is 1. The highest BCUT2D eigenvalue weighted by molar-refractivity contribution is 6.34. The summed E-state index contributed by atoms with van der Waals surface area (Å²) in [5, 5.41) is 13.5. The van der Waals surface area contributed by atoms with E-state index in [2.05, 4.69) is 5.32 Å². The first-order chi connectivity index (χ1) is 7.59. The van der Waals surface area contributed by atoms with Gasteiger partial charge in [0.1, 0.15) is 0 Å². The Kier molecular flexibility index (Phi) is 2.66. The van der Waals surface area contributed by atoms with Gasteiger partial charge in [-0.2, -0.15) is 0 Å². The zero-order valence-corrected chi connectivity index (χ0v) is 8.90. The number of anilines is 1. The monoisotopic (exact) mass is 241 g/mol. The SMILES string of the molecule is O=C1NCCN1c1cc([N+](=O)[O-])ccc1Cl. The summed E-state index contributed by atoms with van der Waals surface area (Å²) < 4.78 is 0. The molecule has 1 aromatic rings. The Labute approximate surface area is 95.9 Å². The average molecular weight is 242 g/mol. The van der Waals surface area contributed by atoms with Gasteiger partial charge in [0, 0.05) is 25.2 Å². The number of amides is 2. The molecule has 1 saturated heterocycles. The van der Waals surface area contributed by atoms with E-state index in [1.54, 1.807) is 0 Å². The Morgan fingerprint density at radius 1 is 1.50 bits per heavy atom. The molecule has 0 saturated carbocycles. The normalized spacial score (nSPS) is 15.1. The molecule has 84 valence electrons. The smallest absolute Gasteiger partial charge is 0.322 e. The fourth-order valence-electron chi connectivity index (χ4n) is 1.52. The molecule has 1 aromatic carbocycles. The van der Waals surface area contributed by atoms with Crippen LogP contribution in [-0.4, -0.2) is 24.0 Å². The number of carbonyl (C=O) groups is 1. The van der Waals surface area contributed by atoms with Gasteiger partial charge in [-0.3, -0.25) is 15.0 Å². The van der Waals surface area contributed by atoms with E-state index in [1.165, 1.54) is 23.1 Å². The van der Waals surface area contributed by atoms with Crippen LogP contribution in [-0.2, 0) is 0 Å². The molecule has 0 radical (unpaired) electrons. The van der Waals surface area contributed by atoms with Crippen molar-refractivity contribution in [3.05, 3.63) is 33.3 Å². The van der Waals surface area contributed by atoms with Crippen molar-refractivity contribution in [2.24, 2.45) is 0 Å². The average Bonchev–Trinajstić information content (AvgIpc) is 2.65. The summed E-state index contributed by atoms with van der Waals surface area (Å²) in [6, 6.07) is 3.73. The summed E-state index contributed by atoms with van der Waals surface area (Å²) in [7, 11) is 0. The van der Waals surface area contributed by atoms with Crippen molar-refractivity contribution in [2.45, 2.75) is 0 Å². The second-order valence-corrected chi connectivity index (χ2v) is 3.68. The second-order valence-electron chi connectivity index (χ2n) is 3.28. The van der Waals surface area contributed by atoms with Crippen LogP contribution in [0.5, 0.6) is 0 Å². The number of hydrogen-bond acceptors (Lipinski definition) is 3. The van der Waals surface area contributed by atoms with E-state index in [1.807, 2.05) is 0 Å². The Morgan fingerprint density at radius 2 is 2.25 bits per heavy atom. The van der Waals surface area contributed by atoms with Crippen molar-refractivity contribution in [3.63, 3.8) is 0 Å². The highest BCUT2D eigenvalue weighted by Gasteiger charge is 2.24. The number of halogens is 1. The van der Waals surface area contributed by atoms with Crippen molar-refractivity contribution in [1.82, 2.24) is 5.32 Å². The van der Waals surface area contributed by atoms with Crippen LogP contribution < -0.4 is 10.2 Å². The van der Waals surface area contributed by atoms with Crippen LogP contribution in [0.1, 0.15) is 0 Å². The van der Waals surface area contributed by atoms with Gasteiger partial charge in [-0.15, -0.1) is 0 Å². The van der Waals surface area contributed by atoms with Gasteiger partial charge in [0.25, 0.3) is 5.69 Å². The van der Waals surface area contributed by atoms with Crippen LogP contribution in [0.25, 0.3) is 0 Å². The lowest BCUT2D eigenvalue weighted by Gasteiger charge is -2.15. The third-order valence-electron chi connectivity index (χ3n) is 2.29. The molecule has 1 aliphatic heterocycles. The lowest BCUT2D eigenvalue weighted by molar-refractivity contribution is -0.384. The van der Waals surface area contributed by atoms with E-state index in [4.69, 9.17) is 11.6 Å². The molecular weight excluding hydrogens is 234 g/mol. The van der Waals surface area contributed by atoms with Crippen LogP contribution in [0.4, 0.5) is 16.2 Å². The van der Waals surface area contributed by atoms with Crippen LogP contribution in [0.2, 0.25) is 5.02 Å². The third-order valence-corrected chi connectivity index (χ3v) is 2.61. The second kappa shape index (κ2) is 3.97. The van der Waals surface area contributed by atoms with Crippen LogP contribution in [0, 0.1) is 10.1 Å². The summed E-state index contributed by atoms with van der Waals surface area (Å²) in [6.45, 7) is 0.970. The van der Waals surface area contributed by atoms with Crippen LogP contribution in [0.15, 0.2) is 18.2 Å². The molecule has 7 heteroatoms. The number of nitro groups is 1. The van der Waals surface area contributed by atoms with Crippen molar-refractivity contribution in [3.8, 4) is 0 Å². The lowest BCUT2D eigenvalue weighted by Crippen LogP contribution is -2.27. The predicted molar refractivity (Wildman–Crippen MR) is 58.9 cm³/mol. The summed E-state index contributed by atoms with van der Waals surface area (Å²) in [5.74, 6) is 0. The maximum Gasteiger partial charge on any atom is 0.322 e. The number of rotatable bonds is 2. The maximum absolute atomic E-state index is 11.4. The van der Waals surface area contributed by atoms with Gasteiger partial charge >= 0.3 is 6.03 Å². The Balaban J connectivity index is 2.42. The van der Waals surface area contributed by atoms with Gasteiger partial charge in [0.2, 0.25) is 0 Å². The summed E-state index contributed by atoms with van der Waals surface area (Å²) in [6.07, 6.45) is 0. The van der Waals surface area contributed by atoms with E-state index < -0.39 is 4.92 Å². The topological polar surface area (TPSA) is 75.5 Å². The minimum atomic E-state index is -0.520. The number of benzene rings is 1. The van der Waals surface area contributed by atoms with Gasteiger partial charge < -0.3 is 5.32 Å². The number of nitrogens with zero attached hydrogens (tertiary/aromatic N) is 2. The van der Waals surface area contributed by atoms with Gasteiger partial charge in [-0.25, -0.2) is 4.79 Å². The minimum absolute atomic E-state index is 0.0842. The molecule has 2 rings (SSSR count). The molecule has 1 fully saturated rings. The molecule has 0 bridgehead atoms. The maximum atomic E-state index is 11.4. The highest BCUT2D eigenvalue weighted by atomic mass is 35.5. The standard InChI is InChI=1S/C9H8ClN3O3/c10-7-2-1-6(13(15)16)5-8(7)12-4-3-11-9(12)14/h1-2,5H,3-4H2,(H,11,14). The lowest BCUT2D eigenvalue weighted by atomic mass is 10.2. The Hall–Kier alpha value is -1.82. The molecule has 2 amide bonds. The first kappa shape index (κ1) is 10.7.